The van der Waals surface area contributed by atoms with Gasteiger partial charge in [-0.3, -0.25) is 4.79 Å². The molecule has 0 aliphatic carbocycles. The highest BCUT2D eigenvalue weighted by atomic mass is 127. The first-order chi connectivity index (χ1) is 7.29. The van der Waals surface area contributed by atoms with Gasteiger partial charge < -0.3 is 9.69 Å². The fourth-order valence-electron chi connectivity index (χ4n) is 1.11. The van der Waals surface area contributed by atoms with E-state index in [0.717, 1.165) is 6.29 Å². The van der Waals surface area contributed by atoms with Crippen molar-refractivity contribution in [3.8, 4) is 21.7 Å². The normalized spacial score (nSPS) is 18.6. The van der Waals surface area contributed by atoms with Crippen LogP contribution in [0.4, 0.5) is 0 Å². The van der Waals surface area contributed by atoms with Gasteiger partial charge in [0, 0.05) is 22.6 Å². The molecule has 0 aromatic carbocycles. The number of halogens is 1. The summed E-state index contributed by atoms with van der Waals surface area (Å²) in [6.07, 6.45) is 4.35. The third-order valence-electron chi connectivity index (χ3n) is 1.92. The van der Waals surface area contributed by atoms with Gasteiger partial charge in [-0.25, -0.2) is 0 Å². The molecule has 0 aromatic heterocycles. The smallest absolute Gasteiger partial charge is 0.226 e. The number of carbonyl (C=O) groups excluding carboxylic acids is 2. The zero-order valence-electron chi connectivity index (χ0n) is 7.87. The number of aldehydes is 1. The van der Waals surface area contributed by atoms with Crippen molar-refractivity contribution in [3.05, 3.63) is 12.2 Å². The Bertz CT molecular complexity index is 406. The Morgan fingerprint density at radius 1 is 1.47 bits per heavy atom. The summed E-state index contributed by atoms with van der Waals surface area (Å²) in [7, 11) is 0. The standard InChI is InChI=1S/C11H8INO2/c12-6-4-2-1-3-5-7-13-10(9-14)8-11(13)15/h1-2,9-10H,7-8H2/b2-1-. The molecule has 3 nitrogen and oxygen atoms in total. The quantitative estimate of drug-likeness (QED) is 0.326. The van der Waals surface area contributed by atoms with Crippen LogP contribution >= 0.6 is 22.6 Å². The Hall–Kier alpha value is -1.27. The van der Waals surface area contributed by atoms with E-state index in [2.05, 4.69) is 21.7 Å². The minimum absolute atomic E-state index is 0.0163. The van der Waals surface area contributed by atoms with Crippen LogP contribution in [-0.2, 0) is 9.59 Å². The van der Waals surface area contributed by atoms with Crippen molar-refractivity contribution in [2.45, 2.75) is 12.5 Å². The molecule has 15 heavy (non-hydrogen) atoms. The van der Waals surface area contributed by atoms with Gasteiger partial charge in [-0.15, -0.1) is 0 Å². The largest absolute Gasteiger partial charge is 0.321 e. The molecule has 1 atom stereocenters. The molecule has 0 N–H and O–H groups in total. The fourth-order valence-corrected chi connectivity index (χ4v) is 1.29. The number of amides is 1. The van der Waals surface area contributed by atoms with Gasteiger partial charge in [0.15, 0.2) is 0 Å². The maximum atomic E-state index is 11.0. The van der Waals surface area contributed by atoms with Crippen LogP contribution in [0.1, 0.15) is 6.42 Å². The zero-order valence-corrected chi connectivity index (χ0v) is 10.0. The van der Waals surface area contributed by atoms with E-state index in [0.29, 0.717) is 13.0 Å². The van der Waals surface area contributed by atoms with E-state index < -0.39 is 0 Å². The maximum Gasteiger partial charge on any atom is 0.226 e. The molecule has 4 heteroatoms. The van der Waals surface area contributed by atoms with Gasteiger partial charge in [-0.2, -0.15) is 0 Å². The van der Waals surface area contributed by atoms with Gasteiger partial charge in [0.2, 0.25) is 5.91 Å². The number of β-lactam (4-membered cyclic amide) rings is 1. The van der Waals surface area contributed by atoms with Crippen LogP contribution in [0.15, 0.2) is 12.2 Å². The van der Waals surface area contributed by atoms with E-state index in [-0.39, 0.29) is 11.9 Å². The average Bonchev–Trinajstić information content (AvgIpc) is 2.24. The lowest BCUT2D eigenvalue weighted by Gasteiger charge is -2.35. The summed E-state index contributed by atoms with van der Waals surface area (Å²) in [5.41, 5.74) is 0. The van der Waals surface area contributed by atoms with Crippen LogP contribution in [0.2, 0.25) is 0 Å². The second kappa shape index (κ2) is 6.26. The first kappa shape index (κ1) is 11.8. The van der Waals surface area contributed by atoms with Crippen molar-refractivity contribution in [3.63, 3.8) is 0 Å². The molecular formula is C11H8INO2. The van der Waals surface area contributed by atoms with Crippen LogP contribution in [0.3, 0.4) is 0 Å². The first-order valence-corrected chi connectivity index (χ1v) is 5.36. The summed E-state index contributed by atoms with van der Waals surface area (Å²) < 4.78 is 2.67. The number of hydrogen-bond acceptors (Lipinski definition) is 2. The van der Waals surface area contributed by atoms with Crippen LogP contribution in [-0.4, -0.2) is 29.7 Å². The predicted molar refractivity (Wildman–Crippen MR) is 64.9 cm³/mol. The lowest BCUT2D eigenvalue weighted by molar-refractivity contribution is -0.147. The first-order valence-electron chi connectivity index (χ1n) is 4.29. The van der Waals surface area contributed by atoms with Crippen molar-refractivity contribution in [1.82, 2.24) is 4.90 Å². The summed E-state index contributed by atoms with van der Waals surface area (Å²) in [6, 6.07) is -0.273. The third kappa shape index (κ3) is 3.41. The van der Waals surface area contributed by atoms with Crippen molar-refractivity contribution < 1.29 is 9.59 Å². The van der Waals surface area contributed by atoms with E-state index in [4.69, 9.17) is 0 Å². The maximum absolute atomic E-state index is 11.0. The second-order valence-corrected chi connectivity index (χ2v) is 3.36. The van der Waals surface area contributed by atoms with Gasteiger partial charge in [0.25, 0.3) is 0 Å². The number of allylic oxidation sites excluding steroid dienone is 2. The van der Waals surface area contributed by atoms with Crippen LogP contribution in [0.5, 0.6) is 0 Å². The van der Waals surface area contributed by atoms with E-state index in [1.165, 1.54) is 4.90 Å². The second-order valence-electron chi connectivity index (χ2n) is 2.82. The predicted octanol–water partition coefficient (Wildman–Crippen LogP) is 0.742. The van der Waals surface area contributed by atoms with Gasteiger partial charge >= 0.3 is 0 Å². The summed E-state index contributed by atoms with van der Waals surface area (Å²) in [6.45, 7) is 0.310. The van der Waals surface area contributed by atoms with E-state index in [1.807, 2.05) is 22.6 Å². The SMILES string of the molecule is O=CC1CC(=O)N1CC#C/C=C\C#CI. The Kier molecular flexibility index (Phi) is 4.92. The van der Waals surface area contributed by atoms with Gasteiger partial charge in [-0.1, -0.05) is 17.8 Å². The van der Waals surface area contributed by atoms with E-state index in [1.54, 1.807) is 12.2 Å². The number of rotatable bonds is 2. The monoisotopic (exact) mass is 313 g/mol. The molecule has 0 spiro atoms. The molecule has 0 radical (unpaired) electrons. The molecule has 0 bridgehead atoms. The topological polar surface area (TPSA) is 37.4 Å². The lowest BCUT2D eigenvalue weighted by atomic mass is 10.0. The molecule has 1 rings (SSSR count). The minimum Gasteiger partial charge on any atom is -0.321 e. The van der Waals surface area contributed by atoms with Gasteiger partial charge in [0.1, 0.15) is 6.29 Å². The summed E-state index contributed by atoms with van der Waals surface area (Å²) in [4.78, 5) is 22.9. The Morgan fingerprint density at radius 3 is 2.80 bits per heavy atom. The highest BCUT2D eigenvalue weighted by molar-refractivity contribution is 14.1. The Labute approximate surface area is 102 Å². The number of likely N-dealkylation sites (tertiary alicyclic amines) is 1. The highest BCUT2D eigenvalue weighted by Gasteiger charge is 2.34. The van der Waals surface area contributed by atoms with Crippen LogP contribution < -0.4 is 0 Å². The number of nitrogens with zero attached hydrogens (tertiary/aromatic N) is 1. The van der Waals surface area contributed by atoms with Crippen molar-refractivity contribution in [1.29, 1.82) is 0 Å². The molecule has 1 aliphatic heterocycles. The number of carbonyl (C=O) groups is 2. The Balaban J connectivity index is 2.38. The van der Waals surface area contributed by atoms with Gasteiger partial charge in [-0.05, 0) is 16.1 Å². The molecular weight excluding hydrogens is 305 g/mol. The molecule has 1 amide bonds. The molecule has 1 aliphatic rings. The summed E-state index contributed by atoms with van der Waals surface area (Å²) >= 11 is 1.93. The molecule has 1 saturated heterocycles. The molecule has 0 aromatic rings. The van der Waals surface area contributed by atoms with Crippen molar-refractivity contribution in [2.75, 3.05) is 6.54 Å². The van der Waals surface area contributed by atoms with Crippen LogP contribution in [0.25, 0.3) is 0 Å². The molecule has 76 valence electrons. The van der Waals surface area contributed by atoms with Crippen LogP contribution in [0, 0.1) is 21.7 Å². The molecule has 1 fully saturated rings. The van der Waals surface area contributed by atoms with E-state index >= 15 is 0 Å². The zero-order chi connectivity index (χ0) is 11.1. The average molecular weight is 313 g/mol. The fraction of sp³-hybridized carbons (Fsp3) is 0.273. The van der Waals surface area contributed by atoms with Crippen molar-refractivity contribution >= 4 is 34.8 Å². The third-order valence-corrected chi connectivity index (χ3v) is 2.23. The van der Waals surface area contributed by atoms with Gasteiger partial charge in [0.05, 0.1) is 19.0 Å². The Morgan fingerprint density at radius 2 is 2.20 bits per heavy atom. The summed E-state index contributed by atoms with van der Waals surface area (Å²) in [5.74, 6) is 8.21. The lowest BCUT2D eigenvalue weighted by Crippen LogP contribution is -2.53. The van der Waals surface area contributed by atoms with Crippen molar-refractivity contribution in [2.24, 2.45) is 0 Å². The number of hydrogen-bond donors (Lipinski definition) is 0. The summed E-state index contributed by atoms with van der Waals surface area (Å²) in [5, 5.41) is 0. The minimum atomic E-state index is -0.273. The molecule has 0 saturated carbocycles. The van der Waals surface area contributed by atoms with E-state index in [9.17, 15) is 9.59 Å². The molecule has 1 unspecified atom stereocenters. The highest BCUT2D eigenvalue weighted by Crippen LogP contribution is 2.15. The molecule has 1 heterocycles.